The van der Waals surface area contributed by atoms with E-state index in [1.54, 1.807) is 38.6 Å². The van der Waals surface area contributed by atoms with Crippen LogP contribution >= 0.6 is 11.8 Å². The number of aliphatic hydroxyl groups is 1. The highest BCUT2D eigenvalue weighted by Gasteiger charge is 2.78. The number of amides is 3. The number of hydrogen-bond donors (Lipinski definition) is 1. The van der Waals surface area contributed by atoms with Crippen LogP contribution in [0.3, 0.4) is 0 Å². The van der Waals surface area contributed by atoms with Crippen molar-refractivity contribution in [1.82, 2.24) is 14.7 Å². The van der Waals surface area contributed by atoms with E-state index in [1.807, 2.05) is 58.0 Å². The molecule has 3 amide bonds. The van der Waals surface area contributed by atoms with Crippen LogP contribution in [0.2, 0.25) is 0 Å². The monoisotopic (exact) mass is 581 g/mol. The molecule has 0 aromatic heterocycles. The fraction of sp³-hybridized carbons (Fsp3) is 0.606. The Labute approximate surface area is 250 Å². The normalized spacial score (nSPS) is 29.8. The van der Waals surface area contributed by atoms with Gasteiger partial charge in [-0.15, -0.1) is 24.9 Å². The van der Waals surface area contributed by atoms with Gasteiger partial charge in [0.2, 0.25) is 17.7 Å². The minimum Gasteiger partial charge on any atom is -0.394 e. The Kier molecular flexibility index (Phi) is 9.44. The first-order valence-corrected chi connectivity index (χ1v) is 15.8. The molecule has 3 aliphatic rings. The van der Waals surface area contributed by atoms with Crippen LogP contribution in [0, 0.1) is 17.8 Å². The minimum absolute atomic E-state index is 0.0105. The molecule has 1 spiro atoms. The topological polar surface area (TPSA) is 81.2 Å². The van der Waals surface area contributed by atoms with Gasteiger partial charge in [0.15, 0.2) is 0 Å². The Morgan fingerprint density at radius 1 is 1.12 bits per heavy atom. The van der Waals surface area contributed by atoms with E-state index in [2.05, 4.69) is 20.1 Å². The van der Waals surface area contributed by atoms with Gasteiger partial charge in [0.25, 0.3) is 0 Å². The van der Waals surface area contributed by atoms with Crippen molar-refractivity contribution >= 4 is 29.5 Å². The summed E-state index contributed by atoms with van der Waals surface area (Å²) in [4.78, 5) is 49.0. The van der Waals surface area contributed by atoms with E-state index in [1.165, 1.54) is 0 Å². The fourth-order valence-electron chi connectivity index (χ4n) is 7.43. The van der Waals surface area contributed by atoms with Gasteiger partial charge in [-0.25, -0.2) is 0 Å². The number of hydrogen-bond acceptors (Lipinski definition) is 5. The summed E-state index contributed by atoms with van der Waals surface area (Å²) in [5, 5.41) is 10.6. The van der Waals surface area contributed by atoms with Gasteiger partial charge in [0.05, 0.1) is 29.2 Å². The third kappa shape index (κ3) is 5.27. The Bertz CT molecular complexity index is 1160. The Hall–Kier alpha value is -2.58. The molecule has 1 aromatic carbocycles. The van der Waals surface area contributed by atoms with E-state index in [0.29, 0.717) is 26.1 Å². The van der Waals surface area contributed by atoms with Crippen molar-refractivity contribution in [2.24, 2.45) is 17.8 Å². The molecule has 7 atom stereocenters. The Balaban J connectivity index is 1.82. The Morgan fingerprint density at radius 3 is 2.34 bits per heavy atom. The van der Waals surface area contributed by atoms with Crippen LogP contribution in [0.4, 0.5) is 0 Å². The molecule has 3 heterocycles. The first-order chi connectivity index (χ1) is 19.5. The van der Waals surface area contributed by atoms with Crippen molar-refractivity contribution in [3.63, 3.8) is 0 Å². The molecular weight excluding hydrogens is 534 g/mol. The van der Waals surface area contributed by atoms with E-state index in [9.17, 15) is 19.5 Å². The maximum Gasteiger partial charge on any atom is 0.247 e. The van der Waals surface area contributed by atoms with Gasteiger partial charge in [-0.3, -0.25) is 14.4 Å². The lowest BCUT2D eigenvalue weighted by Gasteiger charge is -2.42. The molecule has 1 aromatic rings. The van der Waals surface area contributed by atoms with E-state index >= 15 is 0 Å². The number of carbonyl (C=O) groups excluding carboxylic acids is 3. The van der Waals surface area contributed by atoms with Gasteiger partial charge >= 0.3 is 0 Å². The first kappa shape index (κ1) is 31.4. The predicted octanol–water partition coefficient (Wildman–Crippen LogP) is 4.51. The van der Waals surface area contributed by atoms with Crippen LogP contribution < -0.4 is 0 Å². The van der Waals surface area contributed by atoms with Crippen molar-refractivity contribution in [2.45, 2.75) is 88.0 Å². The largest absolute Gasteiger partial charge is 0.394 e. The van der Waals surface area contributed by atoms with E-state index < -0.39 is 33.4 Å². The zero-order valence-corrected chi connectivity index (χ0v) is 26.1. The molecule has 0 radical (unpaired) electrons. The molecule has 7 nitrogen and oxygen atoms in total. The molecule has 8 heteroatoms. The van der Waals surface area contributed by atoms with Crippen molar-refractivity contribution in [1.29, 1.82) is 0 Å². The molecule has 0 saturated carbocycles. The number of nitrogens with zero attached hydrogens (tertiary/aromatic N) is 3. The summed E-state index contributed by atoms with van der Waals surface area (Å²) >= 11 is 1.68. The summed E-state index contributed by atoms with van der Waals surface area (Å²) < 4.78 is -1.20. The smallest absolute Gasteiger partial charge is 0.247 e. The first-order valence-electron chi connectivity index (χ1n) is 15.0. The number of benzene rings is 1. The van der Waals surface area contributed by atoms with Gasteiger partial charge in [0.1, 0.15) is 6.04 Å². The van der Waals surface area contributed by atoms with Crippen LogP contribution in [-0.2, 0) is 20.9 Å². The summed E-state index contributed by atoms with van der Waals surface area (Å²) in [5.41, 5.74) is 1.01. The summed E-state index contributed by atoms with van der Waals surface area (Å²) in [7, 11) is 0. The number of fused-ring (bicyclic) bond motifs is 1. The lowest BCUT2D eigenvalue weighted by Crippen LogP contribution is -2.59. The van der Waals surface area contributed by atoms with Crippen LogP contribution in [0.1, 0.15) is 59.4 Å². The summed E-state index contributed by atoms with van der Waals surface area (Å²) in [5.74, 6) is -1.56. The predicted molar refractivity (Wildman–Crippen MR) is 165 cm³/mol. The van der Waals surface area contributed by atoms with E-state index in [0.717, 1.165) is 18.4 Å². The number of carbonyl (C=O) groups is 3. The molecule has 2 unspecified atom stereocenters. The zero-order chi connectivity index (χ0) is 30.1. The molecule has 224 valence electrons. The molecule has 2 bridgehead atoms. The van der Waals surface area contributed by atoms with Gasteiger partial charge < -0.3 is 19.8 Å². The second kappa shape index (κ2) is 12.3. The minimum atomic E-state index is -0.750. The van der Waals surface area contributed by atoms with Gasteiger partial charge in [0, 0.05) is 30.4 Å². The van der Waals surface area contributed by atoms with Gasteiger partial charge in [-0.05, 0) is 45.1 Å². The molecule has 41 heavy (non-hydrogen) atoms. The van der Waals surface area contributed by atoms with Crippen LogP contribution in [0.5, 0.6) is 0 Å². The third-order valence-electron chi connectivity index (χ3n) is 9.67. The SMILES string of the molecule is C=CCN(Cc1ccccc1)C(=O)[C@@H]1[C@H]2C(=O)N([C@@H](CO)[C@@H](C)CC)C(C(=O)N(CC=C)C(C)C)C23CC[C@@]1(C)S3. The molecule has 0 aliphatic carbocycles. The number of rotatable bonds is 13. The van der Waals surface area contributed by atoms with Crippen molar-refractivity contribution in [3.05, 3.63) is 61.2 Å². The number of thioether (sulfide) groups is 1. The van der Waals surface area contributed by atoms with Gasteiger partial charge in [-0.2, -0.15) is 0 Å². The molecule has 3 saturated heterocycles. The number of likely N-dealkylation sites (tertiary alicyclic amines) is 1. The number of aliphatic hydroxyl groups excluding tert-OH is 1. The molecule has 3 fully saturated rings. The maximum atomic E-state index is 14.7. The van der Waals surface area contributed by atoms with Crippen molar-refractivity contribution in [2.75, 3.05) is 19.7 Å². The molecule has 1 N–H and O–H groups in total. The zero-order valence-electron chi connectivity index (χ0n) is 25.3. The van der Waals surface area contributed by atoms with Crippen LogP contribution in [0.15, 0.2) is 55.6 Å². The lowest BCUT2D eigenvalue weighted by molar-refractivity contribution is -0.149. The standard InChI is InChI=1S/C33H47N3O4S/c1-8-18-34(20-24-14-12-11-13-15-24)29(38)26-27-30(39)36(25(21-37)23(6)10-3)28(31(40)35(19-9-2)22(4)5)33(27)17-16-32(26,7)41-33/h8-9,11-15,22-23,25-28,37H,1-2,10,16-21H2,3-7H3/t23-,25-,26-,27-,28?,32+,33?/m0/s1. The summed E-state index contributed by atoms with van der Waals surface area (Å²) in [6, 6.07) is 8.51. The summed E-state index contributed by atoms with van der Waals surface area (Å²) in [6.45, 7) is 18.8. The average Bonchev–Trinajstić information content (AvgIpc) is 3.52. The molecular formula is C33H47N3O4S. The average molecular weight is 582 g/mol. The quantitative estimate of drug-likeness (QED) is 0.347. The highest BCUT2D eigenvalue weighted by Crippen LogP contribution is 2.72. The van der Waals surface area contributed by atoms with Crippen LogP contribution in [0.25, 0.3) is 0 Å². The third-order valence-corrected chi connectivity index (χ3v) is 11.7. The van der Waals surface area contributed by atoms with Crippen molar-refractivity contribution < 1.29 is 19.5 Å². The Morgan fingerprint density at radius 2 is 1.78 bits per heavy atom. The van der Waals surface area contributed by atoms with E-state index in [4.69, 9.17) is 0 Å². The van der Waals surface area contributed by atoms with Gasteiger partial charge in [-0.1, -0.05) is 62.8 Å². The second-order valence-corrected chi connectivity index (χ2v) is 14.4. The second-order valence-electron chi connectivity index (χ2n) is 12.5. The highest BCUT2D eigenvalue weighted by atomic mass is 32.2. The highest BCUT2D eigenvalue weighted by molar-refractivity contribution is 8.02. The molecule has 4 rings (SSSR count). The lowest BCUT2D eigenvalue weighted by atomic mass is 9.66. The molecule has 3 aliphatic heterocycles. The van der Waals surface area contributed by atoms with Crippen LogP contribution in [-0.4, -0.2) is 84.8 Å². The van der Waals surface area contributed by atoms with E-state index in [-0.39, 0.29) is 36.3 Å². The fourth-order valence-corrected chi connectivity index (χ4v) is 9.76. The summed E-state index contributed by atoms with van der Waals surface area (Å²) in [6.07, 6.45) is 5.63. The van der Waals surface area contributed by atoms with Crippen molar-refractivity contribution in [3.8, 4) is 0 Å². The maximum absolute atomic E-state index is 14.7.